The Morgan fingerprint density at radius 2 is 2.38 bits per heavy atom. The third-order valence-electron chi connectivity index (χ3n) is 1.95. The van der Waals surface area contributed by atoms with Crippen molar-refractivity contribution in [1.82, 2.24) is 9.88 Å². The second-order valence-corrected chi connectivity index (χ2v) is 3.08. The summed E-state index contributed by atoms with van der Waals surface area (Å²) in [6, 6.07) is 3.98. The Bertz CT molecular complexity index is 248. The second kappa shape index (κ2) is 5.01. The molecule has 0 radical (unpaired) electrons. The zero-order chi connectivity index (χ0) is 9.68. The lowest BCUT2D eigenvalue weighted by Crippen LogP contribution is -2.29. The van der Waals surface area contributed by atoms with Crippen LogP contribution in [-0.2, 0) is 13.6 Å². The van der Waals surface area contributed by atoms with E-state index in [4.69, 9.17) is 10.2 Å². The van der Waals surface area contributed by atoms with E-state index >= 15 is 0 Å². The highest BCUT2D eigenvalue weighted by Gasteiger charge is 2.01. The molecule has 0 saturated carbocycles. The zero-order valence-corrected chi connectivity index (χ0v) is 7.77. The number of nitrogens with zero attached hydrogens (tertiary/aromatic N) is 1. The number of rotatable bonds is 5. The molecular weight excluding hydrogens is 168 g/mol. The highest BCUT2D eigenvalue weighted by molar-refractivity contribution is 5.05. The minimum atomic E-state index is -0.666. The molecule has 74 valence electrons. The Morgan fingerprint density at radius 3 is 2.92 bits per heavy atom. The Labute approximate surface area is 77.8 Å². The van der Waals surface area contributed by atoms with Crippen molar-refractivity contribution in [3.8, 4) is 0 Å². The summed E-state index contributed by atoms with van der Waals surface area (Å²) in [5.74, 6) is 0. The summed E-state index contributed by atoms with van der Waals surface area (Å²) in [6.07, 6.45) is 1.31. The van der Waals surface area contributed by atoms with Crippen molar-refractivity contribution in [2.24, 2.45) is 7.05 Å². The lowest BCUT2D eigenvalue weighted by atomic mass is 10.3. The maximum atomic E-state index is 9.04. The molecule has 0 saturated heterocycles. The van der Waals surface area contributed by atoms with Crippen molar-refractivity contribution >= 4 is 0 Å². The van der Waals surface area contributed by atoms with E-state index in [9.17, 15) is 0 Å². The summed E-state index contributed by atoms with van der Waals surface area (Å²) in [6.45, 7) is 0.933. The molecule has 13 heavy (non-hydrogen) atoms. The van der Waals surface area contributed by atoms with Gasteiger partial charge in [-0.3, -0.25) is 0 Å². The monoisotopic (exact) mass is 184 g/mol. The van der Waals surface area contributed by atoms with Crippen LogP contribution >= 0.6 is 0 Å². The molecule has 1 rings (SSSR count). The SMILES string of the molecule is Cn1cccc1CNCC(O)CO. The van der Waals surface area contributed by atoms with Gasteiger partial charge in [-0.05, 0) is 12.1 Å². The Hall–Kier alpha value is -0.840. The Morgan fingerprint density at radius 1 is 1.62 bits per heavy atom. The van der Waals surface area contributed by atoms with Crippen LogP contribution in [-0.4, -0.2) is 34.0 Å². The van der Waals surface area contributed by atoms with E-state index < -0.39 is 6.10 Å². The van der Waals surface area contributed by atoms with Crippen LogP contribution in [0, 0.1) is 0 Å². The third-order valence-corrected chi connectivity index (χ3v) is 1.95. The highest BCUT2D eigenvalue weighted by atomic mass is 16.3. The minimum Gasteiger partial charge on any atom is -0.394 e. The first-order valence-electron chi connectivity index (χ1n) is 4.34. The van der Waals surface area contributed by atoms with Gasteiger partial charge in [-0.25, -0.2) is 0 Å². The second-order valence-electron chi connectivity index (χ2n) is 3.08. The van der Waals surface area contributed by atoms with E-state index in [0.717, 1.165) is 5.69 Å². The number of aliphatic hydroxyl groups is 2. The molecule has 0 aliphatic carbocycles. The quantitative estimate of drug-likeness (QED) is 0.576. The Balaban J connectivity index is 2.24. The van der Waals surface area contributed by atoms with E-state index in [1.54, 1.807) is 0 Å². The molecule has 0 amide bonds. The number of nitrogens with one attached hydrogen (secondary N) is 1. The van der Waals surface area contributed by atoms with E-state index in [1.165, 1.54) is 0 Å². The van der Waals surface area contributed by atoms with Crippen LogP contribution in [0.5, 0.6) is 0 Å². The summed E-state index contributed by atoms with van der Waals surface area (Å²) in [5, 5.41) is 20.6. The van der Waals surface area contributed by atoms with Gasteiger partial charge in [0.05, 0.1) is 12.7 Å². The van der Waals surface area contributed by atoms with Crippen molar-refractivity contribution in [2.45, 2.75) is 12.6 Å². The van der Waals surface area contributed by atoms with Crippen LogP contribution in [0.3, 0.4) is 0 Å². The van der Waals surface area contributed by atoms with Gasteiger partial charge in [0.25, 0.3) is 0 Å². The van der Waals surface area contributed by atoms with Crippen molar-refractivity contribution in [3.05, 3.63) is 24.0 Å². The maximum Gasteiger partial charge on any atom is 0.0895 e. The lowest BCUT2D eigenvalue weighted by molar-refractivity contribution is 0.0941. The molecule has 1 aromatic rings. The number of aromatic nitrogens is 1. The van der Waals surface area contributed by atoms with Gasteiger partial charge in [0.2, 0.25) is 0 Å². The van der Waals surface area contributed by atoms with E-state index in [0.29, 0.717) is 13.1 Å². The molecule has 1 unspecified atom stereocenters. The molecule has 0 bridgehead atoms. The molecule has 1 heterocycles. The molecule has 3 N–H and O–H groups in total. The van der Waals surface area contributed by atoms with Gasteiger partial charge in [0.15, 0.2) is 0 Å². The van der Waals surface area contributed by atoms with Crippen molar-refractivity contribution in [1.29, 1.82) is 0 Å². The highest BCUT2D eigenvalue weighted by Crippen LogP contribution is 1.97. The van der Waals surface area contributed by atoms with Gasteiger partial charge in [0.1, 0.15) is 0 Å². The average molecular weight is 184 g/mol. The first-order valence-corrected chi connectivity index (χ1v) is 4.34. The number of hydrogen-bond donors (Lipinski definition) is 3. The molecule has 0 aliphatic heterocycles. The van der Waals surface area contributed by atoms with Crippen LogP contribution in [0.1, 0.15) is 5.69 Å². The van der Waals surface area contributed by atoms with Crippen LogP contribution < -0.4 is 5.32 Å². The molecule has 0 aliphatic rings. The molecule has 4 nitrogen and oxygen atoms in total. The van der Waals surface area contributed by atoms with Gasteiger partial charge >= 0.3 is 0 Å². The maximum absolute atomic E-state index is 9.04. The number of aryl methyl sites for hydroxylation is 1. The van der Waals surface area contributed by atoms with Crippen molar-refractivity contribution in [3.63, 3.8) is 0 Å². The topological polar surface area (TPSA) is 57.4 Å². The first-order chi connectivity index (χ1) is 6.24. The fourth-order valence-electron chi connectivity index (χ4n) is 1.11. The zero-order valence-electron chi connectivity index (χ0n) is 7.77. The molecular formula is C9H16N2O2. The fourth-order valence-corrected chi connectivity index (χ4v) is 1.11. The van der Waals surface area contributed by atoms with Crippen LogP contribution in [0.25, 0.3) is 0 Å². The van der Waals surface area contributed by atoms with Gasteiger partial charge in [-0.1, -0.05) is 0 Å². The molecule has 0 fully saturated rings. The van der Waals surface area contributed by atoms with Gasteiger partial charge in [0, 0.05) is 32.0 Å². The normalized spacial score (nSPS) is 13.2. The lowest BCUT2D eigenvalue weighted by Gasteiger charge is -2.09. The van der Waals surface area contributed by atoms with Gasteiger partial charge in [-0.15, -0.1) is 0 Å². The molecule has 0 spiro atoms. The standard InChI is InChI=1S/C9H16N2O2/c1-11-4-2-3-8(11)5-10-6-9(13)7-12/h2-4,9-10,12-13H,5-7H2,1H3. The molecule has 4 heteroatoms. The Kier molecular flexibility index (Phi) is 3.95. The molecule has 1 atom stereocenters. The molecule has 0 aromatic carbocycles. The van der Waals surface area contributed by atoms with Crippen LogP contribution in [0.2, 0.25) is 0 Å². The van der Waals surface area contributed by atoms with Crippen LogP contribution in [0.15, 0.2) is 18.3 Å². The fraction of sp³-hybridized carbons (Fsp3) is 0.556. The summed E-state index contributed by atoms with van der Waals surface area (Å²) in [5.41, 5.74) is 1.16. The average Bonchev–Trinajstić information content (AvgIpc) is 2.52. The minimum absolute atomic E-state index is 0.194. The van der Waals surface area contributed by atoms with Crippen LogP contribution in [0.4, 0.5) is 0 Å². The van der Waals surface area contributed by atoms with Crippen molar-refractivity contribution < 1.29 is 10.2 Å². The molecule has 1 aromatic heterocycles. The van der Waals surface area contributed by atoms with E-state index in [2.05, 4.69) is 5.32 Å². The predicted molar refractivity (Wildman–Crippen MR) is 50.2 cm³/mol. The summed E-state index contributed by atoms with van der Waals surface area (Å²) >= 11 is 0. The number of aliphatic hydroxyl groups excluding tert-OH is 2. The largest absolute Gasteiger partial charge is 0.394 e. The van der Waals surface area contributed by atoms with Crippen molar-refractivity contribution in [2.75, 3.05) is 13.2 Å². The van der Waals surface area contributed by atoms with Gasteiger partial charge < -0.3 is 20.1 Å². The number of hydrogen-bond acceptors (Lipinski definition) is 3. The van der Waals surface area contributed by atoms with Gasteiger partial charge in [-0.2, -0.15) is 0 Å². The first kappa shape index (κ1) is 10.2. The smallest absolute Gasteiger partial charge is 0.0895 e. The summed E-state index contributed by atoms with van der Waals surface area (Å²) in [7, 11) is 1.97. The summed E-state index contributed by atoms with van der Waals surface area (Å²) in [4.78, 5) is 0. The summed E-state index contributed by atoms with van der Waals surface area (Å²) < 4.78 is 2.01. The van der Waals surface area contributed by atoms with E-state index in [1.807, 2.05) is 29.9 Å². The predicted octanol–water partition coefficient (Wildman–Crippen LogP) is -0.532. The van der Waals surface area contributed by atoms with E-state index in [-0.39, 0.29) is 6.61 Å². The third kappa shape index (κ3) is 3.18.